The zero-order valence-corrected chi connectivity index (χ0v) is 16.2. The molecule has 0 fully saturated rings. The molecule has 0 N–H and O–H groups in total. The van der Waals surface area contributed by atoms with E-state index in [-0.39, 0.29) is 5.91 Å². The van der Waals surface area contributed by atoms with Gasteiger partial charge in [-0.2, -0.15) is 0 Å². The van der Waals surface area contributed by atoms with Crippen LogP contribution < -0.4 is 4.90 Å². The lowest BCUT2D eigenvalue weighted by molar-refractivity contribution is 0.0989. The molecule has 5 nitrogen and oxygen atoms in total. The highest BCUT2D eigenvalue weighted by atomic mass is 32.2. The third-order valence-corrected chi connectivity index (χ3v) is 6.62. The molecule has 3 heterocycles. The minimum Gasteiger partial charge on any atom is -0.306 e. The van der Waals surface area contributed by atoms with Gasteiger partial charge in [0.05, 0.1) is 11.4 Å². The number of fused-ring (bicyclic) bond motifs is 1. The van der Waals surface area contributed by atoms with Gasteiger partial charge in [0, 0.05) is 29.1 Å². The molecule has 2 aromatic heterocycles. The maximum Gasteiger partial charge on any atom is 0.270 e. The minimum absolute atomic E-state index is 0.00401. The Kier molecular flexibility index (Phi) is 4.74. The number of anilines is 1. The number of hydrogen-bond acceptors (Lipinski definition) is 6. The Morgan fingerprint density at radius 1 is 1.19 bits per heavy atom. The zero-order chi connectivity index (χ0) is 18.1. The van der Waals surface area contributed by atoms with Crippen LogP contribution in [0.5, 0.6) is 0 Å². The van der Waals surface area contributed by atoms with E-state index in [2.05, 4.69) is 27.9 Å². The lowest BCUT2D eigenvalue weighted by Crippen LogP contribution is -2.32. The summed E-state index contributed by atoms with van der Waals surface area (Å²) in [5.74, 6) is 0.560. The molecule has 7 heteroatoms. The van der Waals surface area contributed by atoms with E-state index in [9.17, 15) is 4.79 Å². The Morgan fingerprint density at radius 2 is 1.96 bits per heavy atom. The van der Waals surface area contributed by atoms with Crippen LogP contribution in [-0.2, 0) is 0 Å². The third-order valence-electron chi connectivity index (χ3n) is 4.24. The fourth-order valence-electron chi connectivity index (χ4n) is 2.92. The average Bonchev–Trinajstić information content (AvgIpc) is 2.96. The van der Waals surface area contributed by atoms with Crippen LogP contribution >= 0.6 is 23.1 Å². The van der Waals surface area contributed by atoms with E-state index in [1.54, 1.807) is 18.5 Å². The maximum absolute atomic E-state index is 13.3. The average molecular weight is 383 g/mol. The van der Waals surface area contributed by atoms with Crippen LogP contribution in [0.4, 0.5) is 5.69 Å². The van der Waals surface area contributed by atoms with Crippen LogP contribution in [-0.4, -0.2) is 32.7 Å². The van der Waals surface area contributed by atoms with E-state index in [0.29, 0.717) is 27.5 Å². The highest BCUT2D eigenvalue weighted by molar-refractivity contribution is 8.00. The lowest BCUT2D eigenvalue weighted by atomic mass is 10.2. The van der Waals surface area contributed by atoms with Crippen molar-refractivity contribution >= 4 is 34.7 Å². The molecule has 1 unspecified atom stereocenters. The summed E-state index contributed by atoms with van der Waals surface area (Å²) < 4.78 is 0. The maximum atomic E-state index is 13.3. The van der Waals surface area contributed by atoms with Gasteiger partial charge in [-0.25, -0.2) is 15.0 Å². The molecule has 0 spiro atoms. The molecular weight excluding hydrogens is 364 g/mol. The number of amides is 1. The number of aryl methyl sites for hydroxylation is 1. The van der Waals surface area contributed by atoms with Gasteiger partial charge in [0.1, 0.15) is 4.88 Å². The van der Waals surface area contributed by atoms with E-state index in [1.807, 2.05) is 41.8 Å². The molecule has 1 amide bonds. The van der Waals surface area contributed by atoms with Crippen LogP contribution in [0.15, 0.2) is 47.6 Å². The molecule has 0 saturated carbocycles. The van der Waals surface area contributed by atoms with Crippen molar-refractivity contribution in [3.63, 3.8) is 0 Å². The Hall–Kier alpha value is -2.25. The van der Waals surface area contributed by atoms with Crippen LogP contribution in [0.1, 0.15) is 28.7 Å². The first-order chi connectivity index (χ1) is 12.6. The summed E-state index contributed by atoms with van der Waals surface area (Å²) in [6.07, 6.45) is 4.33. The van der Waals surface area contributed by atoms with Crippen molar-refractivity contribution in [1.29, 1.82) is 0 Å². The summed E-state index contributed by atoms with van der Waals surface area (Å²) in [6.45, 7) is 4.79. The second-order valence-corrected chi connectivity index (χ2v) is 8.63. The van der Waals surface area contributed by atoms with Crippen molar-refractivity contribution in [2.45, 2.75) is 30.4 Å². The number of para-hydroxylation sites is 1. The van der Waals surface area contributed by atoms with Gasteiger partial charge in [0.2, 0.25) is 0 Å². The van der Waals surface area contributed by atoms with E-state index in [0.717, 1.165) is 22.7 Å². The standard InChI is InChI=1S/C19H18N4OS2/c1-12-8-11-23(14-6-3-4-7-15(14)25-12)19(24)16-13(2)22-18(26-16)17-20-9-5-10-21-17/h3-7,9-10,12H,8,11H2,1-2H3. The fourth-order valence-corrected chi connectivity index (χ4v) is 5.00. The number of rotatable bonds is 2. The summed E-state index contributed by atoms with van der Waals surface area (Å²) in [5.41, 5.74) is 1.71. The topological polar surface area (TPSA) is 59.0 Å². The van der Waals surface area contributed by atoms with Crippen LogP contribution in [0.3, 0.4) is 0 Å². The molecule has 0 saturated heterocycles. The van der Waals surface area contributed by atoms with E-state index in [4.69, 9.17) is 0 Å². The van der Waals surface area contributed by atoms with Gasteiger partial charge >= 0.3 is 0 Å². The second kappa shape index (κ2) is 7.17. The highest BCUT2D eigenvalue weighted by Gasteiger charge is 2.28. The number of benzene rings is 1. The first-order valence-electron chi connectivity index (χ1n) is 8.46. The lowest BCUT2D eigenvalue weighted by Gasteiger charge is -2.22. The van der Waals surface area contributed by atoms with Gasteiger partial charge in [-0.05, 0) is 31.5 Å². The predicted molar refractivity (Wildman–Crippen MR) is 106 cm³/mol. The molecule has 4 rings (SSSR count). The third kappa shape index (κ3) is 3.24. The first kappa shape index (κ1) is 17.2. The van der Waals surface area contributed by atoms with Gasteiger partial charge in [-0.15, -0.1) is 23.1 Å². The molecule has 1 aromatic carbocycles. The number of thiazole rings is 1. The molecule has 132 valence electrons. The van der Waals surface area contributed by atoms with Gasteiger partial charge in [0.25, 0.3) is 5.91 Å². The highest BCUT2D eigenvalue weighted by Crippen LogP contribution is 2.38. The molecule has 0 aliphatic carbocycles. The normalized spacial score (nSPS) is 16.8. The van der Waals surface area contributed by atoms with Gasteiger partial charge < -0.3 is 4.90 Å². The number of nitrogens with zero attached hydrogens (tertiary/aromatic N) is 4. The van der Waals surface area contributed by atoms with Crippen LogP contribution in [0.25, 0.3) is 10.8 Å². The molecule has 3 aromatic rings. The van der Waals surface area contributed by atoms with Gasteiger partial charge in [-0.3, -0.25) is 4.79 Å². The SMILES string of the molecule is Cc1nc(-c2ncccn2)sc1C(=O)N1CCC(C)Sc2ccccc21. The first-order valence-corrected chi connectivity index (χ1v) is 10.2. The molecule has 1 atom stereocenters. The van der Waals surface area contributed by atoms with Crippen molar-refractivity contribution in [2.75, 3.05) is 11.4 Å². The molecule has 1 aliphatic heterocycles. The summed E-state index contributed by atoms with van der Waals surface area (Å²) in [7, 11) is 0. The summed E-state index contributed by atoms with van der Waals surface area (Å²) in [5, 5.41) is 1.15. The van der Waals surface area contributed by atoms with Crippen LogP contribution in [0.2, 0.25) is 0 Å². The number of carbonyl (C=O) groups excluding carboxylic acids is 1. The zero-order valence-electron chi connectivity index (χ0n) is 14.5. The minimum atomic E-state index is 0.00401. The van der Waals surface area contributed by atoms with E-state index >= 15 is 0 Å². The summed E-state index contributed by atoms with van der Waals surface area (Å²) in [6, 6.07) is 9.89. The Bertz CT molecular complexity index is 942. The largest absolute Gasteiger partial charge is 0.306 e. The molecular formula is C19H18N4OS2. The van der Waals surface area contributed by atoms with Gasteiger partial charge in [-0.1, -0.05) is 19.1 Å². The summed E-state index contributed by atoms with van der Waals surface area (Å²) in [4.78, 5) is 30.1. The summed E-state index contributed by atoms with van der Waals surface area (Å²) >= 11 is 3.19. The fraction of sp³-hybridized carbons (Fsp3) is 0.263. The predicted octanol–water partition coefficient (Wildman–Crippen LogP) is 4.44. The van der Waals surface area contributed by atoms with Gasteiger partial charge in [0.15, 0.2) is 10.8 Å². The molecule has 26 heavy (non-hydrogen) atoms. The molecule has 0 bridgehead atoms. The van der Waals surface area contributed by atoms with E-state index in [1.165, 1.54) is 11.3 Å². The van der Waals surface area contributed by atoms with Crippen molar-refractivity contribution in [2.24, 2.45) is 0 Å². The van der Waals surface area contributed by atoms with E-state index < -0.39 is 0 Å². The van der Waals surface area contributed by atoms with Crippen molar-refractivity contribution < 1.29 is 4.79 Å². The molecule has 0 radical (unpaired) electrons. The molecule has 1 aliphatic rings. The number of aromatic nitrogens is 3. The number of carbonyl (C=O) groups is 1. The monoisotopic (exact) mass is 382 g/mol. The Morgan fingerprint density at radius 3 is 2.77 bits per heavy atom. The smallest absolute Gasteiger partial charge is 0.270 e. The van der Waals surface area contributed by atoms with Crippen LogP contribution in [0, 0.1) is 6.92 Å². The van der Waals surface area contributed by atoms with Crippen molar-refractivity contribution in [3.05, 3.63) is 53.3 Å². The quantitative estimate of drug-likeness (QED) is 0.656. The van der Waals surface area contributed by atoms with Crippen molar-refractivity contribution in [3.8, 4) is 10.8 Å². The number of thioether (sulfide) groups is 1. The second-order valence-electron chi connectivity index (χ2n) is 6.15. The Balaban J connectivity index is 1.71. The van der Waals surface area contributed by atoms with Crippen molar-refractivity contribution in [1.82, 2.24) is 15.0 Å². The Labute approximate surface area is 160 Å². The number of hydrogen-bond donors (Lipinski definition) is 0.